The standard InChI is InChI=1S/C22H24O6/c1-11-5-7-15(23)13(9-11)17-18(14-10-12(2)6-8-16(14)24)20(22(26)28-4)19(17)21(25)27-3/h5-10,17-20,23-24H,1-4H3/t17-,18-,19-,20-/m1/s1. The summed E-state index contributed by atoms with van der Waals surface area (Å²) >= 11 is 0. The molecule has 0 unspecified atom stereocenters. The predicted octanol–water partition coefficient (Wildman–Crippen LogP) is 3.17. The van der Waals surface area contributed by atoms with Gasteiger partial charge >= 0.3 is 11.9 Å². The van der Waals surface area contributed by atoms with Gasteiger partial charge in [0.15, 0.2) is 0 Å². The maximum absolute atomic E-state index is 12.6. The first-order valence-electron chi connectivity index (χ1n) is 9.04. The van der Waals surface area contributed by atoms with Gasteiger partial charge in [0.25, 0.3) is 0 Å². The average molecular weight is 384 g/mol. The molecule has 0 aromatic heterocycles. The maximum atomic E-state index is 12.6. The molecular weight excluding hydrogens is 360 g/mol. The molecule has 0 aliphatic heterocycles. The average Bonchev–Trinajstić information content (AvgIpc) is 2.66. The number of aromatic hydroxyl groups is 2. The summed E-state index contributed by atoms with van der Waals surface area (Å²) < 4.78 is 9.90. The Labute approximate surface area is 163 Å². The molecule has 28 heavy (non-hydrogen) atoms. The molecule has 6 nitrogen and oxygen atoms in total. The van der Waals surface area contributed by atoms with Crippen LogP contribution in [-0.4, -0.2) is 36.4 Å². The second-order valence-electron chi connectivity index (χ2n) is 7.27. The molecule has 0 amide bonds. The van der Waals surface area contributed by atoms with Crippen LogP contribution in [0.4, 0.5) is 0 Å². The fraction of sp³-hybridized carbons (Fsp3) is 0.364. The number of ether oxygens (including phenoxy) is 2. The van der Waals surface area contributed by atoms with Gasteiger partial charge in [-0.15, -0.1) is 0 Å². The zero-order chi connectivity index (χ0) is 20.6. The van der Waals surface area contributed by atoms with Crippen molar-refractivity contribution in [1.29, 1.82) is 0 Å². The molecule has 1 aliphatic carbocycles. The molecular formula is C22H24O6. The minimum absolute atomic E-state index is 0.0324. The molecule has 2 N–H and O–H groups in total. The summed E-state index contributed by atoms with van der Waals surface area (Å²) in [6, 6.07) is 10.3. The number of phenols is 2. The number of phenolic OH excluding ortho intramolecular Hbond substituents is 2. The van der Waals surface area contributed by atoms with Gasteiger partial charge in [-0.3, -0.25) is 9.59 Å². The highest BCUT2D eigenvalue weighted by Crippen LogP contribution is 2.61. The summed E-state index contributed by atoms with van der Waals surface area (Å²) in [5.41, 5.74) is 2.90. The zero-order valence-electron chi connectivity index (χ0n) is 16.3. The number of rotatable bonds is 4. The Morgan fingerprint density at radius 3 is 1.43 bits per heavy atom. The van der Waals surface area contributed by atoms with Gasteiger partial charge in [0, 0.05) is 11.8 Å². The summed E-state index contributed by atoms with van der Waals surface area (Å²) in [6.07, 6.45) is 0. The summed E-state index contributed by atoms with van der Waals surface area (Å²) in [5, 5.41) is 21.0. The van der Waals surface area contributed by atoms with E-state index < -0.39 is 35.6 Å². The third-order valence-corrected chi connectivity index (χ3v) is 5.58. The SMILES string of the molecule is COC(=O)[C@H]1[C@H](C(=O)OC)[C@H](c2cc(C)ccc2O)[C@H]1c1cc(C)ccc1O. The van der Waals surface area contributed by atoms with Gasteiger partial charge in [-0.1, -0.05) is 35.4 Å². The number of carbonyl (C=O) groups is 2. The van der Waals surface area contributed by atoms with Crippen LogP contribution in [0.15, 0.2) is 36.4 Å². The fourth-order valence-corrected chi connectivity index (χ4v) is 4.26. The Morgan fingerprint density at radius 1 is 0.750 bits per heavy atom. The van der Waals surface area contributed by atoms with Crippen LogP contribution in [-0.2, 0) is 19.1 Å². The Hall–Kier alpha value is -3.02. The van der Waals surface area contributed by atoms with Gasteiger partial charge in [-0.2, -0.15) is 0 Å². The van der Waals surface area contributed by atoms with Gasteiger partial charge in [-0.25, -0.2) is 0 Å². The van der Waals surface area contributed by atoms with Crippen molar-refractivity contribution in [2.75, 3.05) is 14.2 Å². The molecule has 0 radical (unpaired) electrons. The normalized spacial score (nSPS) is 23.6. The summed E-state index contributed by atoms with van der Waals surface area (Å²) in [4.78, 5) is 25.1. The second-order valence-corrected chi connectivity index (χ2v) is 7.27. The monoisotopic (exact) mass is 384 g/mol. The van der Waals surface area contributed by atoms with Crippen molar-refractivity contribution in [2.45, 2.75) is 25.7 Å². The van der Waals surface area contributed by atoms with Crippen LogP contribution in [0.1, 0.15) is 34.1 Å². The number of aryl methyl sites for hydroxylation is 2. The van der Waals surface area contributed by atoms with Crippen LogP contribution in [0.5, 0.6) is 11.5 Å². The molecule has 1 fully saturated rings. The van der Waals surface area contributed by atoms with Crippen LogP contribution in [0.2, 0.25) is 0 Å². The number of carbonyl (C=O) groups excluding carboxylic acids is 2. The van der Waals surface area contributed by atoms with E-state index in [0.717, 1.165) is 11.1 Å². The van der Waals surface area contributed by atoms with E-state index >= 15 is 0 Å². The molecule has 1 aliphatic rings. The second kappa shape index (κ2) is 7.54. The minimum atomic E-state index is -0.824. The molecule has 148 valence electrons. The van der Waals surface area contributed by atoms with E-state index in [1.807, 2.05) is 13.8 Å². The maximum Gasteiger partial charge on any atom is 0.310 e. The van der Waals surface area contributed by atoms with Gasteiger partial charge in [0.05, 0.1) is 26.1 Å². The summed E-state index contributed by atoms with van der Waals surface area (Å²) in [5.74, 6) is -3.76. The minimum Gasteiger partial charge on any atom is -0.508 e. The molecule has 3 rings (SSSR count). The zero-order valence-corrected chi connectivity index (χ0v) is 16.3. The fourth-order valence-electron chi connectivity index (χ4n) is 4.26. The largest absolute Gasteiger partial charge is 0.508 e. The van der Waals surface area contributed by atoms with E-state index in [9.17, 15) is 19.8 Å². The third kappa shape index (κ3) is 3.19. The van der Waals surface area contributed by atoms with E-state index in [-0.39, 0.29) is 11.5 Å². The van der Waals surface area contributed by atoms with Crippen LogP contribution in [0, 0.1) is 25.7 Å². The summed E-state index contributed by atoms with van der Waals surface area (Å²) in [7, 11) is 2.53. The van der Waals surface area contributed by atoms with Crippen LogP contribution in [0.25, 0.3) is 0 Å². The topological polar surface area (TPSA) is 93.1 Å². The molecule has 0 saturated heterocycles. The molecule has 0 bridgehead atoms. The van der Waals surface area contributed by atoms with Gasteiger partial charge in [0.1, 0.15) is 11.5 Å². The molecule has 4 atom stereocenters. The first kappa shape index (κ1) is 19.7. The number of hydrogen-bond donors (Lipinski definition) is 2. The van der Waals surface area contributed by atoms with Crippen molar-refractivity contribution in [2.24, 2.45) is 11.8 Å². The molecule has 1 saturated carbocycles. The molecule has 6 heteroatoms. The highest BCUT2D eigenvalue weighted by molar-refractivity contribution is 5.87. The lowest BCUT2D eigenvalue weighted by atomic mass is 9.52. The molecule has 2 aromatic rings. The first-order valence-corrected chi connectivity index (χ1v) is 9.04. The van der Waals surface area contributed by atoms with Crippen molar-refractivity contribution >= 4 is 11.9 Å². The van der Waals surface area contributed by atoms with Crippen molar-refractivity contribution in [3.05, 3.63) is 58.7 Å². The van der Waals surface area contributed by atoms with Crippen LogP contribution < -0.4 is 0 Å². The lowest BCUT2D eigenvalue weighted by Crippen LogP contribution is -2.52. The van der Waals surface area contributed by atoms with E-state index in [0.29, 0.717) is 11.1 Å². The van der Waals surface area contributed by atoms with Crippen molar-refractivity contribution in [3.8, 4) is 11.5 Å². The highest BCUT2D eigenvalue weighted by atomic mass is 16.5. The van der Waals surface area contributed by atoms with Gasteiger partial charge in [0.2, 0.25) is 0 Å². The molecule has 2 aromatic carbocycles. The third-order valence-electron chi connectivity index (χ3n) is 5.58. The summed E-state index contributed by atoms with van der Waals surface area (Å²) in [6.45, 7) is 3.76. The number of esters is 2. The lowest BCUT2D eigenvalue weighted by Gasteiger charge is -2.49. The quantitative estimate of drug-likeness (QED) is 0.787. The van der Waals surface area contributed by atoms with E-state index in [2.05, 4.69) is 0 Å². The van der Waals surface area contributed by atoms with Crippen molar-refractivity contribution < 1.29 is 29.3 Å². The van der Waals surface area contributed by atoms with E-state index in [1.54, 1.807) is 36.4 Å². The lowest BCUT2D eigenvalue weighted by molar-refractivity contribution is -0.168. The number of benzene rings is 2. The van der Waals surface area contributed by atoms with Crippen LogP contribution in [0.3, 0.4) is 0 Å². The Bertz CT molecular complexity index is 844. The van der Waals surface area contributed by atoms with Gasteiger partial charge < -0.3 is 19.7 Å². The smallest absolute Gasteiger partial charge is 0.310 e. The van der Waals surface area contributed by atoms with E-state index in [4.69, 9.17) is 9.47 Å². The van der Waals surface area contributed by atoms with Gasteiger partial charge in [-0.05, 0) is 37.1 Å². The highest BCUT2D eigenvalue weighted by Gasteiger charge is 2.60. The number of methoxy groups -OCH3 is 2. The Kier molecular flexibility index (Phi) is 5.31. The van der Waals surface area contributed by atoms with Crippen LogP contribution >= 0.6 is 0 Å². The van der Waals surface area contributed by atoms with E-state index in [1.165, 1.54) is 14.2 Å². The first-order chi connectivity index (χ1) is 13.3. The van der Waals surface area contributed by atoms with Crippen molar-refractivity contribution in [3.63, 3.8) is 0 Å². The predicted molar refractivity (Wildman–Crippen MR) is 102 cm³/mol. The molecule has 0 spiro atoms. The Morgan fingerprint density at radius 2 is 1.11 bits per heavy atom. The van der Waals surface area contributed by atoms with Crippen molar-refractivity contribution in [1.82, 2.24) is 0 Å². The molecule has 0 heterocycles. The number of hydrogen-bond acceptors (Lipinski definition) is 6. The Balaban J connectivity index is 2.21.